The van der Waals surface area contributed by atoms with Gasteiger partial charge in [0.25, 0.3) is 11.8 Å². The van der Waals surface area contributed by atoms with Gasteiger partial charge in [-0.25, -0.2) is 0 Å². The van der Waals surface area contributed by atoms with Crippen LogP contribution in [0.2, 0.25) is 5.02 Å². The highest BCUT2D eigenvalue weighted by atomic mass is 35.5. The topological polar surface area (TPSA) is 71.5 Å². The highest BCUT2D eigenvalue weighted by molar-refractivity contribution is 6.32. The molecule has 1 aromatic heterocycles. The Balaban J connectivity index is 1.66. The molecule has 0 fully saturated rings. The quantitative estimate of drug-likeness (QED) is 0.626. The number of carbonyl (C=O) groups excluding carboxylic acids is 2. The second-order valence-corrected chi connectivity index (χ2v) is 6.77. The Labute approximate surface area is 174 Å². The van der Waals surface area contributed by atoms with Crippen LogP contribution in [-0.4, -0.2) is 41.4 Å². The molecule has 3 rings (SSSR count). The van der Waals surface area contributed by atoms with Gasteiger partial charge in [-0.05, 0) is 56.3 Å². The third-order valence-electron chi connectivity index (χ3n) is 4.52. The number of anilines is 1. The van der Waals surface area contributed by atoms with Crippen LogP contribution in [0.1, 0.15) is 24.2 Å². The SMILES string of the molecule is CCN(CC)C(=O)COc1ccc(NC(=O)c2ccc3ncccc3c2)cc1Cl. The van der Waals surface area contributed by atoms with Crippen LogP contribution in [0, 0.1) is 0 Å². The van der Waals surface area contributed by atoms with Crippen molar-refractivity contribution in [3.63, 3.8) is 0 Å². The number of benzene rings is 2. The molecule has 0 saturated carbocycles. The zero-order valence-corrected chi connectivity index (χ0v) is 17.1. The fourth-order valence-electron chi connectivity index (χ4n) is 2.92. The fraction of sp³-hybridized carbons (Fsp3) is 0.227. The van der Waals surface area contributed by atoms with Crippen molar-refractivity contribution in [2.45, 2.75) is 13.8 Å². The molecule has 1 heterocycles. The van der Waals surface area contributed by atoms with E-state index in [2.05, 4.69) is 10.3 Å². The lowest BCUT2D eigenvalue weighted by molar-refractivity contribution is -0.132. The van der Waals surface area contributed by atoms with Crippen molar-refractivity contribution >= 4 is 40.0 Å². The first-order valence-corrected chi connectivity index (χ1v) is 9.76. The predicted molar refractivity (Wildman–Crippen MR) is 115 cm³/mol. The first kappa shape index (κ1) is 20.6. The number of amides is 2. The molecule has 0 radical (unpaired) electrons. The monoisotopic (exact) mass is 411 g/mol. The lowest BCUT2D eigenvalue weighted by atomic mass is 10.1. The van der Waals surface area contributed by atoms with Gasteiger partial charge in [-0.2, -0.15) is 0 Å². The number of fused-ring (bicyclic) bond motifs is 1. The summed E-state index contributed by atoms with van der Waals surface area (Å²) in [6, 6.07) is 14.0. The van der Waals surface area contributed by atoms with Crippen LogP contribution >= 0.6 is 11.6 Å². The third kappa shape index (κ3) is 5.03. The molecule has 0 aliphatic heterocycles. The van der Waals surface area contributed by atoms with Crippen molar-refractivity contribution in [2.24, 2.45) is 0 Å². The van der Waals surface area contributed by atoms with Gasteiger partial charge in [0.1, 0.15) is 5.75 Å². The molecule has 0 bridgehead atoms. The van der Waals surface area contributed by atoms with Crippen LogP contribution < -0.4 is 10.1 Å². The third-order valence-corrected chi connectivity index (χ3v) is 4.82. The average Bonchev–Trinajstić information content (AvgIpc) is 2.73. The van der Waals surface area contributed by atoms with E-state index in [9.17, 15) is 9.59 Å². The van der Waals surface area contributed by atoms with E-state index in [1.165, 1.54) is 0 Å². The second-order valence-electron chi connectivity index (χ2n) is 6.36. The summed E-state index contributed by atoms with van der Waals surface area (Å²) in [4.78, 5) is 30.5. The first-order valence-electron chi connectivity index (χ1n) is 9.38. The van der Waals surface area contributed by atoms with Crippen molar-refractivity contribution in [1.29, 1.82) is 0 Å². The Kier molecular flexibility index (Phi) is 6.67. The number of nitrogens with one attached hydrogen (secondary N) is 1. The molecule has 7 heteroatoms. The molecule has 0 spiro atoms. The molecular weight excluding hydrogens is 390 g/mol. The minimum Gasteiger partial charge on any atom is -0.482 e. The number of hydrogen-bond donors (Lipinski definition) is 1. The van der Waals surface area contributed by atoms with E-state index in [0.29, 0.717) is 35.1 Å². The summed E-state index contributed by atoms with van der Waals surface area (Å²) in [6.45, 7) is 5.00. The summed E-state index contributed by atoms with van der Waals surface area (Å²) in [7, 11) is 0. The van der Waals surface area contributed by atoms with E-state index in [-0.39, 0.29) is 18.4 Å². The number of pyridine rings is 1. The summed E-state index contributed by atoms with van der Waals surface area (Å²) in [6.07, 6.45) is 1.71. The number of hydrogen-bond acceptors (Lipinski definition) is 4. The van der Waals surface area contributed by atoms with Gasteiger partial charge in [-0.15, -0.1) is 0 Å². The van der Waals surface area contributed by atoms with E-state index >= 15 is 0 Å². The van der Waals surface area contributed by atoms with Crippen molar-refractivity contribution in [3.05, 3.63) is 65.3 Å². The van der Waals surface area contributed by atoms with E-state index in [1.54, 1.807) is 47.5 Å². The largest absolute Gasteiger partial charge is 0.482 e. The Morgan fingerprint density at radius 3 is 2.62 bits per heavy atom. The smallest absolute Gasteiger partial charge is 0.260 e. The number of halogens is 1. The van der Waals surface area contributed by atoms with Gasteiger partial charge in [0.15, 0.2) is 6.61 Å². The molecule has 0 aliphatic rings. The number of aromatic nitrogens is 1. The summed E-state index contributed by atoms with van der Waals surface area (Å²) in [5, 5.41) is 4.02. The zero-order valence-electron chi connectivity index (χ0n) is 16.3. The summed E-state index contributed by atoms with van der Waals surface area (Å²) in [5.41, 5.74) is 1.88. The van der Waals surface area contributed by atoms with Gasteiger partial charge in [0, 0.05) is 35.9 Å². The number of rotatable bonds is 7. The van der Waals surface area contributed by atoms with Gasteiger partial charge in [-0.3, -0.25) is 14.6 Å². The number of nitrogens with zero attached hydrogens (tertiary/aromatic N) is 2. The van der Waals surface area contributed by atoms with Crippen molar-refractivity contribution in [3.8, 4) is 5.75 Å². The maximum atomic E-state index is 12.6. The van der Waals surface area contributed by atoms with E-state index < -0.39 is 0 Å². The molecule has 0 atom stereocenters. The van der Waals surface area contributed by atoms with Crippen LogP contribution in [0.4, 0.5) is 5.69 Å². The Bertz CT molecular complexity index is 1030. The molecule has 150 valence electrons. The molecule has 6 nitrogen and oxygen atoms in total. The standard InChI is InChI=1S/C22H22ClN3O3/c1-3-26(4-2)21(27)14-29-20-10-8-17(13-18(20)23)25-22(28)16-7-9-19-15(12-16)6-5-11-24-19/h5-13H,3-4,14H2,1-2H3,(H,25,28). The molecule has 2 aromatic carbocycles. The van der Waals surface area contributed by atoms with Crippen molar-refractivity contribution in [1.82, 2.24) is 9.88 Å². The average molecular weight is 412 g/mol. The number of carbonyl (C=O) groups is 2. The molecule has 1 N–H and O–H groups in total. The lowest BCUT2D eigenvalue weighted by Crippen LogP contribution is -2.34. The predicted octanol–water partition coefficient (Wildman–Crippen LogP) is 4.39. The lowest BCUT2D eigenvalue weighted by Gasteiger charge is -2.19. The molecule has 0 unspecified atom stereocenters. The van der Waals surface area contributed by atoms with Gasteiger partial charge in [0.05, 0.1) is 10.5 Å². The van der Waals surface area contributed by atoms with Crippen LogP contribution in [0.5, 0.6) is 5.75 Å². The minimum absolute atomic E-state index is 0.0851. The fourth-order valence-corrected chi connectivity index (χ4v) is 3.16. The van der Waals surface area contributed by atoms with Crippen molar-refractivity contribution in [2.75, 3.05) is 25.0 Å². The summed E-state index contributed by atoms with van der Waals surface area (Å²) < 4.78 is 5.53. The second kappa shape index (κ2) is 9.39. The van der Waals surface area contributed by atoms with E-state index in [0.717, 1.165) is 10.9 Å². The molecule has 3 aromatic rings. The first-order chi connectivity index (χ1) is 14.0. The van der Waals surface area contributed by atoms with Gasteiger partial charge < -0.3 is 15.0 Å². The Hall–Kier alpha value is -3.12. The van der Waals surface area contributed by atoms with E-state index in [4.69, 9.17) is 16.3 Å². The maximum Gasteiger partial charge on any atom is 0.260 e. The number of likely N-dealkylation sites (N-methyl/N-ethyl adjacent to an activating group) is 1. The molecule has 2 amide bonds. The minimum atomic E-state index is -0.253. The summed E-state index contributed by atoms with van der Waals surface area (Å²) >= 11 is 6.26. The molecular formula is C22H22ClN3O3. The molecule has 29 heavy (non-hydrogen) atoms. The number of ether oxygens (including phenoxy) is 1. The van der Waals surface area contributed by atoms with Crippen LogP contribution in [0.15, 0.2) is 54.7 Å². The van der Waals surface area contributed by atoms with E-state index in [1.807, 2.05) is 26.0 Å². The van der Waals surface area contributed by atoms with Gasteiger partial charge in [-0.1, -0.05) is 17.7 Å². The van der Waals surface area contributed by atoms with Crippen LogP contribution in [0.3, 0.4) is 0 Å². The molecule has 0 aliphatic carbocycles. The Morgan fingerprint density at radius 1 is 1.10 bits per heavy atom. The highest BCUT2D eigenvalue weighted by Gasteiger charge is 2.13. The van der Waals surface area contributed by atoms with Crippen LogP contribution in [-0.2, 0) is 4.79 Å². The van der Waals surface area contributed by atoms with Crippen molar-refractivity contribution < 1.29 is 14.3 Å². The normalized spacial score (nSPS) is 10.6. The van der Waals surface area contributed by atoms with Gasteiger partial charge >= 0.3 is 0 Å². The Morgan fingerprint density at radius 2 is 1.90 bits per heavy atom. The van der Waals surface area contributed by atoms with Gasteiger partial charge in [0.2, 0.25) is 0 Å². The summed E-state index contributed by atoms with van der Waals surface area (Å²) in [5.74, 6) is 0.0355. The van der Waals surface area contributed by atoms with Crippen LogP contribution in [0.25, 0.3) is 10.9 Å². The zero-order chi connectivity index (χ0) is 20.8. The molecule has 0 saturated heterocycles. The highest BCUT2D eigenvalue weighted by Crippen LogP contribution is 2.28. The maximum absolute atomic E-state index is 12.6.